The van der Waals surface area contributed by atoms with Crippen molar-refractivity contribution in [3.63, 3.8) is 0 Å². The summed E-state index contributed by atoms with van der Waals surface area (Å²) in [5, 5.41) is 9.84. The van der Waals surface area contributed by atoms with Crippen LogP contribution in [0.5, 0.6) is 0 Å². The lowest BCUT2D eigenvalue weighted by Gasteiger charge is -2.33. The molecular formula is C22H26Cl2N4O2. The molecule has 1 heterocycles. The minimum Gasteiger partial charge on any atom is -0.388 e. The first kappa shape index (κ1) is 22.2. The Hall–Kier alpha value is -2.44. The third kappa shape index (κ3) is 5.18. The summed E-state index contributed by atoms with van der Waals surface area (Å²) in [6, 6.07) is 10.6. The molecule has 0 aliphatic carbocycles. The molecule has 160 valence electrons. The maximum absolute atomic E-state index is 13.0. The SMILES string of the molecule is CNc1ccc(Cl)c(C(=O)NC[C@@H]2CCCN(C(=O)c3cc(NC)ccc3Cl)C2)c1. The smallest absolute Gasteiger partial charge is 0.255 e. The minimum absolute atomic E-state index is 0.0853. The fourth-order valence-corrected chi connectivity index (χ4v) is 4.02. The van der Waals surface area contributed by atoms with Gasteiger partial charge in [-0.2, -0.15) is 0 Å². The van der Waals surface area contributed by atoms with Gasteiger partial charge >= 0.3 is 0 Å². The van der Waals surface area contributed by atoms with Crippen molar-refractivity contribution in [2.75, 3.05) is 44.4 Å². The molecule has 1 aliphatic heterocycles. The van der Waals surface area contributed by atoms with E-state index in [4.69, 9.17) is 23.2 Å². The second-order valence-corrected chi connectivity index (χ2v) is 8.17. The van der Waals surface area contributed by atoms with Gasteiger partial charge in [0, 0.05) is 45.1 Å². The lowest BCUT2D eigenvalue weighted by Crippen LogP contribution is -2.43. The van der Waals surface area contributed by atoms with Crippen molar-refractivity contribution >= 4 is 46.4 Å². The molecule has 2 aromatic carbocycles. The van der Waals surface area contributed by atoms with E-state index in [0.29, 0.717) is 40.8 Å². The van der Waals surface area contributed by atoms with Gasteiger partial charge in [-0.25, -0.2) is 0 Å². The molecule has 6 nitrogen and oxygen atoms in total. The average Bonchev–Trinajstić information content (AvgIpc) is 2.78. The van der Waals surface area contributed by atoms with Gasteiger partial charge in [0.25, 0.3) is 11.8 Å². The standard InChI is InChI=1S/C22H26Cl2N4O2/c1-25-15-5-7-19(23)17(10-15)21(29)27-12-14-4-3-9-28(13-14)22(30)18-11-16(26-2)6-8-20(18)24/h5-8,10-11,14,25-26H,3-4,9,12-13H2,1-2H3,(H,27,29)/t14-/m0/s1. The van der Waals surface area contributed by atoms with Crippen molar-refractivity contribution in [2.45, 2.75) is 12.8 Å². The minimum atomic E-state index is -0.217. The van der Waals surface area contributed by atoms with Crippen LogP contribution in [0.2, 0.25) is 10.0 Å². The van der Waals surface area contributed by atoms with Crippen LogP contribution in [0.4, 0.5) is 11.4 Å². The van der Waals surface area contributed by atoms with Crippen molar-refractivity contribution in [2.24, 2.45) is 5.92 Å². The summed E-state index contributed by atoms with van der Waals surface area (Å²) < 4.78 is 0. The number of halogens is 2. The highest BCUT2D eigenvalue weighted by Crippen LogP contribution is 2.25. The summed E-state index contributed by atoms with van der Waals surface area (Å²) in [5.41, 5.74) is 2.58. The fourth-order valence-electron chi connectivity index (χ4n) is 3.62. The molecule has 30 heavy (non-hydrogen) atoms. The number of rotatable bonds is 6. The summed E-state index contributed by atoms with van der Waals surface area (Å²) in [7, 11) is 3.59. The van der Waals surface area contributed by atoms with Crippen LogP contribution in [-0.4, -0.2) is 50.4 Å². The normalized spacial score (nSPS) is 16.1. The molecule has 0 unspecified atom stereocenters. The highest BCUT2D eigenvalue weighted by atomic mass is 35.5. The fraction of sp³-hybridized carbons (Fsp3) is 0.364. The van der Waals surface area contributed by atoms with Crippen LogP contribution in [0.1, 0.15) is 33.6 Å². The molecule has 1 aliphatic rings. The second-order valence-electron chi connectivity index (χ2n) is 7.36. The summed E-state index contributed by atoms with van der Waals surface area (Å²) >= 11 is 12.4. The van der Waals surface area contributed by atoms with Gasteiger partial charge in [-0.05, 0) is 55.2 Å². The third-order valence-corrected chi connectivity index (χ3v) is 6.00. The van der Waals surface area contributed by atoms with Crippen LogP contribution >= 0.6 is 23.2 Å². The maximum Gasteiger partial charge on any atom is 0.255 e. The van der Waals surface area contributed by atoms with Gasteiger partial charge in [0.05, 0.1) is 21.2 Å². The Kier molecular flexibility index (Phi) is 7.45. The van der Waals surface area contributed by atoms with E-state index in [1.54, 1.807) is 38.4 Å². The molecule has 1 fully saturated rings. The Morgan fingerprint density at radius 3 is 2.23 bits per heavy atom. The zero-order valence-electron chi connectivity index (χ0n) is 17.1. The summed E-state index contributed by atoms with van der Waals surface area (Å²) in [6.07, 6.45) is 1.82. The number of anilines is 2. The third-order valence-electron chi connectivity index (χ3n) is 5.34. The highest BCUT2D eigenvalue weighted by Gasteiger charge is 2.26. The first-order valence-corrected chi connectivity index (χ1v) is 10.7. The monoisotopic (exact) mass is 448 g/mol. The van der Waals surface area contributed by atoms with Crippen molar-refractivity contribution in [3.05, 3.63) is 57.6 Å². The Labute approximate surface area is 186 Å². The Morgan fingerprint density at radius 1 is 1.00 bits per heavy atom. The van der Waals surface area contributed by atoms with Gasteiger partial charge < -0.3 is 20.9 Å². The van der Waals surface area contributed by atoms with E-state index in [1.165, 1.54) is 0 Å². The van der Waals surface area contributed by atoms with Crippen molar-refractivity contribution in [3.8, 4) is 0 Å². The van der Waals surface area contributed by atoms with E-state index in [1.807, 2.05) is 17.0 Å². The van der Waals surface area contributed by atoms with Gasteiger partial charge in [0.2, 0.25) is 0 Å². The van der Waals surface area contributed by atoms with Crippen molar-refractivity contribution < 1.29 is 9.59 Å². The molecule has 1 atom stereocenters. The van der Waals surface area contributed by atoms with Crippen molar-refractivity contribution in [1.29, 1.82) is 0 Å². The van der Waals surface area contributed by atoms with E-state index < -0.39 is 0 Å². The van der Waals surface area contributed by atoms with E-state index in [0.717, 1.165) is 24.2 Å². The molecule has 0 saturated carbocycles. The average molecular weight is 449 g/mol. The van der Waals surface area contributed by atoms with E-state index in [9.17, 15) is 9.59 Å². The molecule has 0 spiro atoms. The quantitative estimate of drug-likeness (QED) is 0.613. The number of carbonyl (C=O) groups is 2. The molecule has 2 aromatic rings. The number of piperidine rings is 1. The Bertz CT molecular complexity index is 935. The van der Waals surface area contributed by atoms with Crippen LogP contribution in [-0.2, 0) is 0 Å². The number of nitrogens with one attached hydrogen (secondary N) is 3. The number of hydrogen-bond donors (Lipinski definition) is 3. The predicted molar refractivity (Wildman–Crippen MR) is 123 cm³/mol. The van der Waals surface area contributed by atoms with Crippen LogP contribution in [0.15, 0.2) is 36.4 Å². The van der Waals surface area contributed by atoms with Crippen LogP contribution in [0, 0.1) is 5.92 Å². The van der Waals surface area contributed by atoms with Crippen LogP contribution in [0.25, 0.3) is 0 Å². The molecule has 0 radical (unpaired) electrons. The van der Waals surface area contributed by atoms with Gasteiger partial charge in [0.1, 0.15) is 0 Å². The van der Waals surface area contributed by atoms with Crippen LogP contribution in [0.3, 0.4) is 0 Å². The second kappa shape index (κ2) is 10.0. The number of amides is 2. The van der Waals surface area contributed by atoms with E-state index >= 15 is 0 Å². The Balaban J connectivity index is 1.63. The lowest BCUT2D eigenvalue weighted by molar-refractivity contribution is 0.0671. The first-order valence-electron chi connectivity index (χ1n) is 9.95. The number of carbonyl (C=O) groups excluding carboxylic acids is 2. The van der Waals surface area contributed by atoms with Gasteiger partial charge in [-0.1, -0.05) is 23.2 Å². The molecular weight excluding hydrogens is 423 g/mol. The summed E-state index contributed by atoms with van der Waals surface area (Å²) in [4.78, 5) is 27.4. The van der Waals surface area contributed by atoms with Gasteiger partial charge in [0.15, 0.2) is 0 Å². The summed E-state index contributed by atoms with van der Waals surface area (Å²) in [6.45, 7) is 1.73. The van der Waals surface area contributed by atoms with E-state index in [-0.39, 0.29) is 17.7 Å². The van der Waals surface area contributed by atoms with Crippen LogP contribution < -0.4 is 16.0 Å². The topological polar surface area (TPSA) is 73.5 Å². The largest absolute Gasteiger partial charge is 0.388 e. The number of nitrogens with zero attached hydrogens (tertiary/aromatic N) is 1. The molecule has 0 bridgehead atoms. The molecule has 2 amide bonds. The highest BCUT2D eigenvalue weighted by molar-refractivity contribution is 6.34. The number of hydrogen-bond acceptors (Lipinski definition) is 4. The van der Waals surface area contributed by atoms with E-state index in [2.05, 4.69) is 16.0 Å². The zero-order valence-corrected chi connectivity index (χ0v) is 18.6. The molecule has 1 saturated heterocycles. The molecule has 8 heteroatoms. The van der Waals surface area contributed by atoms with Gasteiger partial charge in [-0.3, -0.25) is 9.59 Å². The van der Waals surface area contributed by atoms with Gasteiger partial charge in [-0.15, -0.1) is 0 Å². The van der Waals surface area contributed by atoms with Crippen molar-refractivity contribution in [1.82, 2.24) is 10.2 Å². The molecule has 3 rings (SSSR count). The predicted octanol–water partition coefficient (Wildman–Crippen LogP) is 4.36. The number of likely N-dealkylation sites (tertiary alicyclic amines) is 1. The summed E-state index contributed by atoms with van der Waals surface area (Å²) in [5.74, 6) is -0.132. The first-order chi connectivity index (χ1) is 14.4. The lowest BCUT2D eigenvalue weighted by atomic mass is 9.97. The molecule has 0 aromatic heterocycles. The Morgan fingerprint density at radius 2 is 1.60 bits per heavy atom. The molecule has 3 N–H and O–H groups in total. The number of benzene rings is 2. The zero-order chi connectivity index (χ0) is 21.7. The maximum atomic E-state index is 13.0.